The van der Waals surface area contributed by atoms with Crippen LogP contribution in [0.1, 0.15) is 104 Å². The van der Waals surface area contributed by atoms with Gasteiger partial charge in [0.1, 0.15) is 0 Å². The van der Waals surface area contributed by atoms with Crippen molar-refractivity contribution in [1.82, 2.24) is 0 Å². The molecular formula is C22H43O2. The van der Waals surface area contributed by atoms with Crippen molar-refractivity contribution >= 4 is 0 Å². The van der Waals surface area contributed by atoms with Crippen LogP contribution in [0.4, 0.5) is 0 Å². The minimum absolute atomic E-state index is 0.206. The van der Waals surface area contributed by atoms with Crippen LogP contribution in [0.3, 0.4) is 0 Å². The summed E-state index contributed by atoms with van der Waals surface area (Å²) in [7, 11) is 1.79. The maximum Gasteiger partial charge on any atom is 0.168 e. The highest BCUT2D eigenvalue weighted by Crippen LogP contribution is 2.29. The summed E-state index contributed by atoms with van der Waals surface area (Å²) in [6.45, 7) is 10.2. The van der Waals surface area contributed by atoms with Crippen LogP contribution in [-0.2, 0) is 9.47 Å². The van der Waals surface area contributed by atoms with Gasteiger partial charge in [-0.15, -0.1) is 0 Å². The second kappa shape index (κ2) is 16.1. The van der Waals surface area contributed by atoms with E-state index in [1.165, 1.54) is 57.8 Å². The van der Waals surface area contributed by atoms with Gasteiger partial charge < -0.3 is 9.47 Å². The topological polar surface area (TPSA) is 18.5 Å². The fourth-order valence-corrected chi connectivity index (χ4v) is 3.20. The lowest BCUT2D eigenvalue weighted by Crippen LogP contribution is -2.37. The van der Waals surface area contributed by atoms with Gasteiger partial charge in [-0.25, -0.2) is 0 Å². The summed E-state index contributed by atoms with van der Waals surface area (Å²) in [5.41, 5.74) is 0. The maximum atomic E-state index is 6.13. The SMILES string of the molecule is [CH2]CCC[C@](CCCCCCCCCCC=CC)(OC)OC(C)C. The normalized spacial score (nSPS) is 14.6. The molecule has 0 aliphatic rings. The molecule has 0 saturated heterocycles. The van der Waals surface area contributed by atoms with Crippen LogP contribution < -0.4 is 0 Å². The van der Waals surface area contributed by atoms with Crippen LogP contribution in [0.25, 0.3) is 0 Å². The summed E-state index contributed by atoms with van der Waals surface area (Å²) in [4.78, 5) is 0. The van der Waals surface area contributed by atoms with Gasteiger partial charge in [-0.2, -0.15) is 0 Å². The number of hydrogen-bond donors (Lipinski definition) is 0. The van der Waals surface area contributed by atoms with Crippen molar-refractivity contribution in [1.29, 1.82) is 0 Å². The second-order valence-electron chi connectivity index (χ2n) is 7.17. The molecule has 0 rings (SSSR count). The van der Waals surface area contributed by atoms with E-state index in [9.17, 15) is 0 Å². The Morgan fingerprint density at radius 3 is 1.92 bits per heavy atom. The van der Waals surface area contributed by atoms with Crippen LogP contribution in [0.2, 0.25) is 0 Å². The highest BCUT2D eigenvalue weighted by molar-refractivity contribution is 4.76. The van der Waals surface area contributed by atoms with Gasteiger partial charge >= 0.3 is 0 Å². The number of allylic oxidation sites excluding steroid dienone is 2. The third-order valence-electron chi connectivity index (χ3n) is 4.54. The number of rotatable bonds is 17. The molecule has 0 aromatic heterocycles. The molecule has 0 N–H and O–H groups in total. The highest BCUT2D eigenvalue weighted by Gasteiger charge is 2.30. The Morgan fingerprint density at radius 2 is 1.42 bits per heavy atom. The van der Waals surface area contributed by atoms with Crippen LogP contribution in [0.5, 0.6) is 0 Å². The predicted molar refractivity (Wildman–Crippen MR) is 106 cm³/mol. The maximum absolute atomic E-state index is 6.13. The molecule has 143 valence electrons. The van der Waals surface area contributed by atoms with Crippen LogP contribution in [0, 0.1) is 6.92 Å². The van der Waals surface area contributed by atoms with Crippen molar-refractivity contribution in [3.63, 3.8) is 0 Å². The first-order chi connectivity index (χ1) is 11.6. The number of hydrogen-bond acceptors (Lipinski definition) is 2. The van der Waals surface area contributed by atoms with Crippen molar-refractivity contribution in [2.75, 3.05) is 7.11 Å². The first-order valence-corrected chi connectivity index (χ1v) is 10.2. The molecule has 2 heteroatoms. The fraction of sp³-hybridized carbons (Fsp3) is 0.864. The molecule has 0 aromatic carbocycles. The van der Waals surface area contributed by atoms with Gasteiger partial charge in [0.2, 0.25) is 0 Å². The summed E-state index contributed by atoms with van der Waals surface area (Å²) in [6.07, 6.45) is 20.5. The highest BCUT2D eigenvalue weighted by atomic mass is 16.7. The molecule has 1 atom stereocenters. The summed E-state index contributed by atoms with van der Waals surface area (Å²) in [6, 6.07) is 0. The Balaban J connectivity index is 3.79. The third kappa shape index (κ3) is 13.0. The van der Waals surface area contributed by atoms with E-state index in [0.29, 0.717) is 0 Å². The Morgan fingerprint density at radius 1 is 0.875 bits per heavy atom. The molecule has 2 nitrogen and oxygen atoms in total. The van der Waals surface area contributed by atoms with Gasteiger partial charge in [-0.05, 0) is 46.5 Å². The fourth-order valence-electron chi connectivity index (χ4n) is 3.20. The molecule has 0 amide bonds. The van der Waals surface area contributed by atoms with Crippen molar-refractivity contribution in [2.24, 2.45) is 0 Å². The Hall–Kier alpha value is -0.340. The van der Waals surface area contributed by atoms with E-state index in [2.05, 4.69) is 39.8 Å². The average Bonchev–Trinajstić information content (AvgIpc) is 2.57. The first kappa shape index (κ1) is 23.7. The molecule has 0 aliphatic heterocycles. The number of unbranched alkanes of at least 4 members (excludes halogenated alkanes) is 9. The lowest BCUT2D eigenvalue weighted by atomic mass is 9.99. The molecule has 0 aromatic rings. The summed E-state index contributed by atoms with van der Waals surface area (Å²) in [5, 5.41) is 0. The first-order valence-electron chi connectivity index (χ1n) is 10.2. The van der Waals surface area contributed by atoms with E-state index in [0.717, 1.165) is 25.7 Å². The largest absolute Gasteiger partial charge is 0.353 e. The van der Waals surface area contributed by atoms with Gasteiger partial charge in [0.05, 0.1) is 6.10 Å². The van der Waals surface area contributed by atoms with E-state index in [4.69, 9.17) is 9.47 Å². The Kier molecular flexibility index (Phi) is 15.9. The predicted octanol–water partition coefficient (Wildman–Crippen LogP) is 7.24. The van der Waals surface area contributed by atoms with Gasteiger partial charge in [-0.3, -0.25) is 0 Å². The molecule has 0 heterocycles. The number of methoxy groups -OCH3 is 1. The van der Waals surface area contributed by atoms with Gasteiger partial charge in [-0.1, -0.05) is 64.0 Å². The second-order valence-corrected chi connectivity index (χ2v) is 7.17. The zero-order chi connectivity index (χ0) is 18.1. The summed E-state index contributed by atoms with van der Waals surface area (Å²) < 4.78 is 11.9. The zero-order valence-corrected chi connectivity index (χ0v) is 16.9. The minimum atomic E-state index is -0.390. The molecule has 0 fully saturated rings. The van der Waals surface area contributed by atoms with Crippen molar-refractivity contribution in [2.45, 2.75) is 116 Å². The average molecular weight is 340 g/mol. The van der Waals surface area contributed by atoms with E-state index >= 15 is 0 Å². The van der Waals surface area contributed by atoms with E-state index in [-0.39, 0.29) is 6.10 Å². The molecular weight excluding hydrogens is 296 g/mol. The van der Waals surface area contributed by atoms with Crippen molar-refractivity contribution < 1.29 is 9.47 Å². The molecule has 1 radical (unpaired) electrons. The molecule has 24 heavy (non-hydrogen) atoms. The van der Waals surface area contributed by atoms with Gasteiger partial charge in [0, 0.05) is 20.0 Å². The standard InChI is InChI=1S/C22H43O2/c1-6-8-10-11-12-13-14-15-16-17-18-20-22(23-5,19-9-7-2)24-21(3)4/h6,8,21H,2,7,9-20H2,1,3-5H3/t22-/m0/s1. The van der Waals surface area contributed by atoms with Gasteiger partial charge in [0.15, 0.2) is 5.79 Å². The summed E-state index contributed by atoms with van der Waals surface area (Å²) >= 11 is 0. The molecule has 0 unspecified atom stereocenters. The molecule has 0 bridgehead atoms. The lowest BCUT2D eigenvalue weighted by Gasteiger charge is -2.34. The van der Waals surface area contributed by atoms with Crippen LogP contribution in [-0.4, -0.2) is 19.0 Å². The third-order valence-corrected chi connectivity index (χ3v) is 4.54. The van der Waals surface area contributed by atoms with Gasteiger partial charge in [0.25, 0.3) is 0 Å². The molecule has 0 spiro atoms. The lowest BCUT2D eigenvalue weighted by molar-refractivity contribution is -0.248. The molecule has 0 saturated carbocycles. The van der Waals surface area contributed by atoms with E-state index < -0.39 is 5.79 Å². The monoisotopic (exact) mass is 339 g/mol. The van der Waals surface area contributed by atoms with Crippen molar-refractivity contribution in [3.8, 4) is 0 Å². The smallest absolute Gasteiger partial charge is 0.168 e. The Bertz CT molecular complexity index is 286. The number of ether oxygens (including phenoxy) is 2. The minimum Gasteiger partial charge on any atom is -0.353 e. The quantitative estimate of drug-likeness (QED) is 0.158. The van der Waals surface area contributed by atoms with Crippen molar-refractivity contribution in [3.05, 3.63) is 19.1 Å². The Labute approximate surface area is 152 Å². The van der Waals surface area contributed by atoms with Crippen LogP contribution in [0.15, 0.2) is 12.2 Å². The zero-order valence-electron chi connectivity index (χ0n) is 16.9. The summed E-state index contributed by atoms with van der Waals surface area (Å²) in [5.74, 6) is -0.390. The van der Waals surface area contributed by atoms with E-state index in [1.54, 1.807) is 7.11 Å². The van der Waals surface area contributed by atoms with E-state index in [1.807, 2.05) is 0 Å². The van der Waals surface area contributed by atoms with Crippen LogP contribution >= 0.6 is 0 Å². The molecule has 0 aliphatic carbocycles.